The number of allylic oxidation sites excluding steroid dienone is 1. The van der Waals surface area contributed by atoms with Gasteiger partial charge >= 0.3 is 0 Å². The summed E-state index contributed by atoms with van der Waals surface area (Å²) in [6.07, 6.45) is 8.92. The minimum Gasteiger partial charge on any atom is -0.494 e. The van der Waals surface area contributed by atoms with Crippen LogP contribution in [-0.4, -0.2) is 66.7 Å². The second-order valence-electron chi connectivity index (χ2n) is 7.47. The quantitative estimate of drug-likeness (QED) is 0.727. The number of ether oxygens (including phenoxy) is 1. The molecule has 0 spiro atoms. The Hall–Kier alpha value is -2.17. The van der Waals surface area contributed by atoms with E-state index < -0.39 is 5.82 Å². The first-order valence-electron chi connectivity index (χ1n) is 9.42. The smallest absolute Gasteiger partial charge is 0.252 e. The summed E-state index contributed by atoms with van der Waals surface area (Å²) in [7, 11) is 6.04. The van der Waals surface area contributed by atoms with Crippen molar-refractivity contribution in [2.75, 3.05) is 34.3 Å². The summed E-state index contributed by atoms with van der Waals surface area (Å²) < 4.78 is 19.1. The van der Waals surface area contributed by atoms with Gasteiger partial charge in [0.2, 0.25) is 0 Å². The monoisotopic (exact) mass is 401 g/mol. The molecule has 2 unspecified atom stereocenters. The Balaban J connectivity index is 1.54. The van der Waals surface area contributed by atoms with Crippen molar-refractivity contribution in [3.05, 3.63) is 59.7 Å². The Morgan fingerprint density at radius 2 is 2.18 bits per heavy atom. The van der Waals surface area contributed by atoms with E-state index in [0.717, 1.165) is 36.1 Å². The number of likely N-dealkylation sites (N-methyl/N-ethyl adjacent to an activating group) is 2. The molecule has 3 heterocycles. The van der Waals surface area contributed by atoms with E-state index in [2.05, 4.69) is 36.0 Å². The average molecular weight is 401 g/mol. The number of carbonyl (C=O) groups excluding carboxylic acids is 1. The van der Waals surface area contributed by atoms with Crippen molar-refractivity contribution in [1.82, 2.24) is 14.7 Å². The Morgan fingerprint density at radius 3 is 2.86 bits per heavy atom. The molecule has 1 aromatic carbocycles. The maximum Gasteiger partial charge on any atom is 0.252 e. The molecule has 3 aliphatic heterocycles. The van der Waals surface area contributed by atoms with E-state index in [1.807, 2.05) is 12.3 Å². The topological polar surface area (TPSA) is 36.0 Å². The van der Waals surface area contributed by atoms with Crippen molar-refractivity contribution in [3.63, 3.8) is 0 Å². The fraction of sp³-hybridized carbons (Fsp3) is 0.381. The third-order valence-electron chi connectivity index (χ3n) is 5.63. The van der Waals surface area contributed by atoms with Gasteiger partial charge in [0, 0.05) is 31.9 Å². The highest BCUT2D eigenvalue weighted by Crippen LogP contribution is 2.45. The third kappa shape index (κ3) is 3.59. The highest BCUT2D eigenvalue weighted by molar-refractivity contribution is 7.51. The number of carbonyl (C=O) groups is 1. The van der Waals surface area contributed by atoms with E-state index in [1.54, 1.807) is 17.0 Å². The summed E-state index contributed by atoms with van der Waals surface area (Å²) in [5.41, 5.74) is 1.79. The number of hydrogen-bond donors (Lipinski definition) is 0. The fourth-order valence-electron chi connectivity index (χ4n) is 3.91. The molecule has 28 heavy (non-hydrogen) atoms. The Morgan fingerprint density at radius 1 is 1.36 bits per heavy atom. The van der Waals surface area contributed by atoms with Gasteiger partial charge in [-0.1, -0.05) is 20.7 Å². The van der Waals surface area contributed by atoms with Crippen LogP contribution in [0.3, 0.4) is 0 Å². The van der Waals surface area contributed by atoms with Crippen LogP contribution in [0.25, 0.3) is 5.31 Å². The molecule has 4 rings (SSSR count). The van der Waals surface area contributed by atoms with Crippen LogP contribution >= 0.6 is 8.58 Å². The highest BCUT2D eigenvalue weighted by atomic mass is 31.1. The number of halogens is 1. The predicted molar refractivity (Wildman–Crippen MR) is 111 cm³/mol. The maximum atomic E-state index is 14.1. The molecule has 148 valence electrons. The van der Waals surface area contributed by atoms with Crippen LogP contribution in [0.2, 0.25) is 0 Å². The van der Waals surface area contributed by atoms with E-state index in [9.17, 15) is 9.18 Å². The molecule has 1 amide bonds. The zero-order valence-electron chi connectivity index (χ0n) is 16.4. The highest BCUT2D eigenvalue weighted by Gasteiger charge is 2.31. The Bertz CT molecular complexity index is 882. The largest absolute Gasteiger partial charge is 0.494 e. The lowest BCUT2D eigenvalue weighted by atomic mass is 10.1. The lowest BCUT2D eigenvalue weighted by molar-refractivity contribution is -0.123. The summed E-state index contributed by atoms with van der Waals surface area (Å²) in [6.45, 7) is 2.14. The van der Waals surface area contributed by atoms with Crippen LogP contribution in [0.15, 0.2) is 48.3 Å². The molecule has 7 heteroatoms. The minimum atomic E-state index is -0.412. The minimum absolute atomic E-state index is 0.0129. The van der Waals surface area contributed by atoms with E-state index in [1.165, 1.54) is 13.2 Å². The molecule has 1 aromatic rings. The van der Waals surface area contributed by atoms with Crippen LogP contribution in [0.1, 0.15) is 12.0 Å². The van der Waals surface area contributed by atoms with Gasteiger partial charge in [-0.3, -0.25) is 4.79 Å². The van der Waals surface area contributed by atoms with E-state index >= 15 is 0 Å². The SMILES string of the molecule is COc1ccc(C2=CC(=O)N3C=C(N(C)[C@@H]4CCN(C)C4)C=CC3P2)cc1F. The van der Waals surface area contributed by atoms with Crippen molar-refractivity contribution in [2.45, 2.75) is 18.2 Å². The molecule has 1 saturated heterocycles. The number of nitrogens with zero attached hydrogens (tertiary/aromatic N) is 3. The number of benzene rings is 1. The van der Waals surface area contributed by atoms with E-state index in [4.69, 9.17) is 4.74 Å². The maximum absolute atomic E-state index is 14.1. The molecule has 3 atom stereocenters. The standard InChI is InChI=1S/C21H25FN3O2P/c1-23-9-8-16(12-23)24(2)15-5-7-21-25(13-15)20(26)11-19(28-21)14-4-6-18(27-3)17(22)10-14/h4-7,10-11,13,16,21,28H,8-9,12H2,1-3H3/t16-,21?/m1/s1. The van der Waals surface area contributed by atoms with Crippen LogP contribution in [0.4, 0.5) is 4.39 Å². The normalized spacial score (nSPS) is 25.6. The zero-order chi connectivity index (χ0) is 19.8. The van der Waals surface area contributed by atoms with Crippen molar-refractivity contribution in [2.24, 2.45) is 0 Å². The Kier molecular flexibility index (Phi) is 5.26. The first-order valence-corrected chi connectivity index (χ1v) is 10.5. The Labute approximate surface area is 166 Å². The molecule has 0 N–H and O–H groups in total. The first kappa shape index (κ1) is 19.2. The lowest BCUT2D eigenvalue weighted by Crippen LogP contribution is -2.39. The molecule has 0 aromatic heterocycles. The fourth-order valence-corrected chi connectivity index (χ4v) is 5.29. The van der Waals surface area contributed by atoms with Crippen LogP contribution < -0.4 is 4.74 Å². The van der Waals surface area contributed by atoms with Gasteiger partial charge in [-0.25, -0.2) is 4.39 Å². The van der Waals surface area contributed by atoms with Gasteiger partial charge in [0.25, 0.3) is 5.91 Å². The average Bonchev–Trinajstić information content (AvgIpc) is 3.13. The zero-order valence-corrected chi connectivity index (χ0v) is 17.4. The summed E-state index contributed by atoms with van der Waals surface area (Å²) in [5.74, 6) is -0.276. The number of hydrogen-bond acceptors (Lipinski definition) is 4. The number of likely N-dealkylation sites (tertiary alicyclic amines) is 1. The summed E-state index contributed by atoms with van der Waals surface area (Å²) in [5, 5.41) is 0.875. The number of fused-ring (bicyclic) bond motifs is 1. The molecule has 0 aliphatic carbocycles. The van der Waals surface area contributed by atoms with Gasteiger partial charge in [-0.2, -0.15) is 0 Å². The van der Waals surface area contributed by atoms with Crippen LogP contribution in [0.5, 0.6) is 5.75 Å². The van der Waals surface area contributed by atoms with Crippen molar-refractivity contribution in [1.29, 1.82) is 0 Å². The van der Waals surface area contributed by atoms with Crippen LogP contribution in [0, 0.1) is 5.82 Å². The van der Waals surface area contributed by atoms with Crippen molar-refractivity contribution >= 4 is 19.8 Å². The molecule has 3 aliphatic rings. The number of amides is 1. The molecule has 5 nitrogen and oxygen atoms in total. The second kappa shape index (κ2) is 7.69. The van der Waals surface area contributed by atoms with Crippen LogP contribution in [-0.2, 0) is 4.79 Å². The molecular formula is C21H25FN3O2P. The second-order valence-corrected chi connectivity index (χ2v) is 8.89. The number of methoxy groups -OCH3 is 1. The van der Waals surface area contributed by atoms with Gasteiger partial charge in [-0.15, -0.1) is 0 Å². The summed E-state index contributed by atoms with van der Waals surface area (Å²) in [4.78, 5) is 19.2. The van der Waals surface area contributed by atoms with Gasteiger partial charge in [0.15, 0.2) is 11.6 Å². The van der Waals surface area contributed by atoms with E-state index in [-0.39, 0.29) is 17.4 Å². The summed E-state index contributed by atoms with van der Waals surface area (Å²) >= 11 is 0. The van der Waals surface area contributed by atoms with Gasteiger partial charge < -0.3 is 19.4 Å². The molecule has 0 radical (unpaired) electrons. The lowest BCUT2D eigenvalue weighted by Gasteiger charge is -2.37. The molecule has 1 fully saturated rings. The predicted octanol–water partition coefficient (Wildman–Crippen LogP) is 3.07. The third-order valence-corrected chi connectivity index (χ3v) is 7.14. The van der Waals surface area contributed by atoms with Gasteiger partial charge in [0.05, 0.1) is 18.6 Å². The summed E-state index contributed by atoms with van der Waals surface area (Å²) in [6, 6.07) is 5.32. The van der Waals surface area contributed by atoms with Crippen molar-refractivity contribution < 1.29 is 13.9 Å². The molecule has 0 bridgehead atoms. The van der Waals surface area contributed by atoms with Gasteiger partial charge in [-0.05, 0) is 49.1 Å². The molecular weight excluding hydrogens is 376 g/mol. The first-order chi connectivity index (χ1) is 13.5. The van der Waals surface area contributed by atoms with Crippen molar-refractivity contribution in [3.8, 4) is 5.75 Å². The molecule has 0 saturated carbocycles. The van der Waals surface area contributed by atoms with E-state index in [0.29, 0.717) is 14.6 Å². The number of rotatable bonds is 4. The van der Waals surface area contributed by atoms with Gasteiger partial charge in [0.1, 0.15) is 0 Å².